The lowest BCUT2D eigenvalue weighted by atomic mass is 9.91. The van der Waals surface area contributed by atoms with Gasteiger partial charge in [-0.15, -0.1) is 0 Å². The molecule has 2 fully saturated rings. The largest absolute Gasteiger partial charge is 0.317 e. The number of ketones is 2. The van der Waals surface area contributed by atoms with Crippen LogP contribution in [0.3, 0.4) is 0 Å². The van der Waals surface area contributed by atoms with Gasteiger partial charge in [0.2, 0.25) is 0 Å². The van der Waals surface area contributed by atoms with Gasteiger partial charge < -0.3 is 20.4 Å². The predicted molar refractivity (Wildman–Crippen MR) is 225 cm³/mol. The Morgan fingerprint density at radius 1 is 0.442 bits per heavy atom. The van der Waals surface area contributed by atoms with Crippen molar-refractivity contribution in [1.29, 1.82) is 0 Å². The molecule has 0 spiro atoms. The molecule has 6 heteroatoms. The zero-order chi connectivity index (χ0) is 37.2. The van der Waals surface area contributed by atoms with Crippen molar-refractivity contribution in [1.82, 2.24) is 20.4 Å². The highest BCUT2D eigenvalue weighted by Gasteiger charge is 2.26. The van der Waals surface area contributed by atoms with Gasteiger partial charge in [0.1, 0.15) is 11.6 Å². The quantitative estimate of drug-likeness (QED) is 0.0621. The highest BCUT2D eigenvalue weighted by atomic mass is 16.1. The third kappa shape index (κ3) is 26.1. The van der Waals surface area contributed by atoms with E-state index < -0.39 is 0 Å². The van der Waals surface area contributed by atoms with Gasteiger partial charge in [-0.2, -0.15) is 0 Å². The molecule has 0 bridgehead atoms. The Labute approximate surface area is 324 Å². The minimum atomic E-state index is 0.293. The molecular formula is C46H90N4O2. The second-order valence-electron chi connectivity index (χ2n) is 17.0. The normalized spacial score (nSPS) is 18.7. The molecule has 306 valence electrons. The Balaban J connectivity index is 1.31. The molecule has 2 aliphatic heterocycles. The van der Waals surface area contributed by atoms with Gasteiger partial charge in [0.15, 0.2) is 0 Å². The lowest BCUT2D eigenvalue weighted by Gasteiger charge is -2.32. The first-order valence-corrected chi connectivity index (χ1v) is 23.6. The molecule has 0 aromatic carbocycles. The van der Waals surface area contributed by atoms with E-state index in [2.05, 4.69) is 34.3 Å². The fourth-order valence-corrected chi connectivity index (χ4v) is 8.59. The van der Waals surface area contributed by atoms with Crippen molar-refractivity contribution in [3.8, 4) is 0 Å². The van der Waals surface area contributed by atoms with Gasteiger partial charge in [0.05, 0.1) is 0 Å². The number of likely N-dealkylation sites (tertiary alicyclic amines) is 2. The maximum atomic E-state index is 12.9. The van der Waals surface area contributed by atoms with E-state index in [1.54, 1.807) is 0 Å². The van der Waals surface area contributed by atoms with Crippen LogP contribution in [0.1, 0.15) is 206 Å². The number of hydrogen-bond acceptors (Lipinski definition) is 6. The molecule has 2 rings (SSSR count). The van der Waals surface area contributed by atoms with E-state index in [4.69, 9.17) is 0 Å². The molecule has 2 aliphatic rings. The monoisotopic (exact) mass is 731 g/mol. The number of carbonyl (C=O) groups excluding carboxylic acids is 2. The van der Waals surface area contributed by atoms with Crippen molar-refractivity contribution in [3.63, 3.8) is 0 Å². The Morgan fingerprint density at radius 3 is 1.15 bits per heavy atom. The standard InChI is InChI=1S/C46H90N4O2/c1-3-5-7-9-11-13-17-25-37-49-39-27-29-43(41-49)45(51)31-19-23-35-47-33-21-15-16-22-34-48-36-24-20-32-46(52)44-30-28-40-50(42-44)38-26-18-14-12-10-8-6-4-2/h43-44,47-48H,3-42H2,1-2H3. The number of unbranched alkanes of at least 4 members (excludes halogenated alkanes) is 19. The third-order valence-corrected chi connectivity index (χ3v) is 12.1. The van der Waals surface area contributed by atoms with Crippen molar-refractivity contribution < 1.29 is 9.59 Å². The van der Waals surface area contributed by atoms with E-state index >= 15 is 0 Å². The summed E-state index contributed by atoms with van der Waals surface area (Å²) < 4.78 is 0. The minimum Gasteiger partial charge on any atom is -0.317 e. The molecule has 0 aromatic heterocycles. The Morgan fingerprint density at radius 2 is 0.769 bits per heavy atom. The van der Waals surface area contributed by atoms with E-state index in [1.807, 2.05) is 0 Å². The highest BCUT2D eigenvalue weighted by molar-refractivity contribution is 5.81. The Hall–Kier alpha value is -0.820. The van der Waals surface area contributed by atoms with E-state index in [1.165, 1.54) is 167 Å². The zero-order valence-electron chi connectivity index (χ0n) is 35.1. The molecule has 6 nitrogen and oxygen atoms in total. The second-order valence-corrected chi connectivity index (χ2v) is 17.0. The van der Waals surface area contributed by atoms with Gasteiger partial charge in [-0.1, -0.05) is 117 Å². The van der Waals surface area contributed by atoms with Crippen molar-refractivity contribution in [3.05, 3.63) is 0 Å². The van der Waals surface area contributed by atoms with Crippen LogP contribution >= 0.6 is 0 Å². The molecule has 0 saturated carbocycles. The fraction of sp³-hybridized carbons (Fsp3) is 0.957. The molecule has 2 atom stereocenters. The lowest BCUT2D eigenvalue weighted by molar-refractivity contribution is -0.125. The lowest BCUT2D eigenvalue weighted by Crippen LogP contribution is -2.39. The van der Waals surface area contributed by atoms with Gasteiger partial charge in [0, 0.05) is 37.8 Å². The summed E-state index contributed by atoms with van der Waals surface area (Å²) in [7, 11) is 0. The number of nitrogens with zero attached hydrogens (tertiary/aromatic N) is 2. The van der Waals surface area contributed by atoms with Crippen molar-refractivity contribution in [2.45, 2.75) is 206 Å². The Kier molecular flexibility index (Phi) is 31.5. The number of nitrogens with one attached hydrogen (secondary N) is 2. The van der Waals surface area contributed by atoms with Crippen LogP contribution in [0.2, 0.25) is 0 Å². The summed E-state index contributed by atoms with van der Waals surface area (Å²) in [5.74, 6) is 1.64. The van der Waals surface area contributed by atoms with Crippen LogP contribution < -0.4 is 10.6 Å². The van der Waals surface area contributed by atoms with Crippen LogP contribution in [-0.2, 0) is 9.59 Å². The van der Waals surface area contributed by atoms with E-state index in [-0.39, 0.29) is 0 Å². The van der Waals surface area contributed by atoms with Crippen LogP contribution in [-0.4, -0.2) is 86.8 Å². The molecule has 2 unspecified atom stereocenters. The molecule has 2 heterocycles. The zero-order valence-corrected chi connectivity index (χ0v) is 35.1. The average Bonchev–Trinajstić information content (AvgIpc) is 3.16. The first-order valence-electron chi connectivity index (χ1n) is 23.6. The third-order valence-electron chi connectivity index (χ3n) is 12.1. The SMILES string of the molecule is CCCCCCCCCCN1CCCC(C(=O)CCCCNCCCCCCNCCCCC(=O)C2CCCN(CCCCCCCCCC)C2)C1. The summed E-state index contributed by atoms with van der Waals surface area (Å²) in [6.07, 6.45) is 37.6. The average molecular weight is 731 g/mol. The molecular weight excluding hydrogens is 641 g/mol. The van der Waals surface area contributed by atoms with Crippen LogP contribution in [0, 0.1) is 11.8 Å². The maximum absolute atomic E-state index is 12.9. The fourth-order valence-electron chi connectivity index (χ4n) is 8.59. The molecule has 2 N–H and O–H groups in total. The molecule has 52 heavy (non-hydrogen) atoms. The minimum absolute atomic E-state index is 0.293. The van der Waals surface area contributed by atoms with Crippen molar-refractivity contribution in [2.24, 2.45) is 11.8 Å². The maximum Gasteiger partial charge on any atom is 0.137 e. The molecule has 0 aliphatic carbocycles. The second kappa shape index (κ2) is 34.7. The first-order chi connectivity index (χ1) is 25.6. The number of rotatable bonds is 37. The summed E-state index contributed by atoms with van der Waals surface area (Å²) >= 11 is 0. The first kappa shape index (κ1) is 47.3. The van der Waals surface area contributed by atoms with Crippen LogP contribution in [0.4, 0.5) is 0 Å². The summed E-state index contributed by atoms with van der Waals surface area (Å²) in [6, 6.07) is 0. The summed E-state index contributed by atoms with van der Waals surface area (Å²) in [6.45, 7) is 15.7. The highest BCUT2D eigenvalue weighted by Crippen LogP contribution is 2.22. The van der Waals surface area contributed by atoms with E-state index in [9.17, 15) is 9.59 Å². The summed E-state index contributed by atoms with van der Waals surface area (Å²) in [4.78, 5) is 30.9. The molecule has 0 aromatic rings. The number of Topliss-reactive ketones (excluding diaryl/α,β-unsaturated/α-hetero) is 2. The molecule has 0 amide bonds. The summed E-state index contributed by atoms with van der Waals surface area (Å²) in [5.41, 5.74) is 0. The van der Waals surface area contributed by atoms with Crippen molar-refractivity contribution in [2.75, 3.05) is 65.4 Å². The predicted octanol–water partition coefficient (Wildman–Crippen LogP) is 10.9. The van der Waals surface area contributed by atoms with Gasteiger partial charge in [-0.3, -0.25) is 9.59 Å². The van der Waals surface area contributed by atoms with Gasteiger partial charge in [0.25, 0.3) is 0 Å². The smallest absolute Gasteiger partial charge is 0.137 e. The summed E-state index contributed by atoms with van der Waals surface area (Å²) in [5, 5.41) is 7.22. The topological polar surface area (TPSA) is 64.7 Å². The molecule has 2 saturated heterocycles. The van der Waals surface area contributed by atoms with Crippen LogP contribution in [0.15, 0.2) is 0 Å². The van der Waals surface area contributed by atoms with Crippen LogP contribution in [0.5, 0.6) is 0 Å². The van der Waals surface area contributed by atoms with Gasteiger partial charge in [-0.05, 0) is 129 Å². The number of carbonyl (C=O) groups is 2. The number of hydrogen-bond donors (Lipinski definition) is 2. The van der Waals surface area contributed by atoms with E-state index in [0.29, 0.717) is 23.4 Å². The van der Waals surface area contributed by atoms with Crippen molar-refractivity contribution >= 4 is 11.6 Å². The Bertz CT molecular complexity index is 756. The molecule has 0 radical (unpaired) electrons. The van der Waals surface area contributed by atoms with Gasteiger partial charge in [-0.25, -0.2) is 0 Å². The number of piperidine rings is 2. The van der Waals surface area contributed by atoms with Crippen LogP contribution in [0.25, 0.3) is 0 Å². The van der Waals surface area contributed by atoms with Gasteiger partial charge >= 0.3 is 0 Å². The van der Waals surface area contributed by atoms with E-state index in [0.717, 1.165) is 90.6 Å².